The van der Waals surface area contributed by atoms with Crippen molar-refractivity contribution in [2.75, 3.05) is 13.1 Å². The Morgan fingerprint density at radius 3 is 2.92 bits per heavy atom. The largest absolute Gasteiger partial charge is 0.329 e. The highest BCUT2D eigenvalue weighted by atomic mass is 15.0. The van der Waals surface area contributed by atoms with Gasteiger partial charge in [-0.3, -0.25) is 0 Å². The Balaban J connectivity index is 2.46. The molecule has 2 unspecified atom stereocenters. The van der Waals surface area contributed by atoms with Crippen molar-refractivity contribution >= 4 is 0 Å². The van der Waals surface area contributed by atoms with Crippen molar-refractivity contribution in [2.24, 2.45) is 11.7 Å². The number of nitrogens with one attached hydrogen (secondary N) is 1. The highest BCUT2D eigenvalue weighted by Gasteiger charge is 2.36. The molecule has 3 N–H and O–H groups in total. The third kappa shape index (κ3) is 2.55. The topological polar surface area (TPSA) is 38.0 Å². The SMILES string of the molecule is C=CCNC1(CN)CCC(CC)C1. The molecule has 0 amide bonds. The van der Waals surface area contributed by atoms with E-state index >= 15 is 0 Å². The summed E-state index contributed by atoms with van der Waals surface area (Å²) in [7, 11) is 0. The Morgan fingerprint density at radius 1 is 1.69 bits per heavy atom. The summed E-state index contributed by atoms with van der Waals surface area (Å²) < 4.78 is 0. The first-order chi connectivity index (χ1) is 6.26. The summed E-state index contributed by atoms with van der Waals surface area (Å²) in [5.41, 5.74) is 6.05. The maximum atomic E-state index is 5.83. The minimum Gasteiger partial charge on any atom is -0.329 e. The van der Waals surface area contributed by atoms with Crippen molar-refractivity contribution < 1.29 is 0 Å². The van der Waals surface area contributed by atoms with Crippen molar-refractivity contribution in [3.8, 4) is 0 Å². The maximum absolute atomic E-state index is 5.83. The van der Waals surface area contributed by atoms with Gasteiger partial charge < -0.3 is 11.1 Å². The average molecular weight is 182 g/mol. The second-order valence-electron chi connectivity index (χ2n) is 4.17. The molecule has 13 heavy (non-hydrogen) atoms. The van der Waals surface area contributed by atoms with Crippen LogP contribution in [0.15, 0.2) is 12.7 Å². The lowest BCUT2D eigenvalue weighted by molar-refractivity contribution is 0.339. The lowest BCUT2D eigenvalue weighted by Crippen LogP contribution is -2.49. The third-order valence-corrected chi connectivity index (χ3v) is 3.30. The standard InChI is InChI=1S/C11H22N2/c1-3-7-13-11(9-12)6-5-10(4-2)8-11/h3,10,13H,1,4-9,12H2,2H3. The van der Waals surface area contributed by atoms with Crippen LogP contribution in [0.2, 0.25) is 0 Å². The fourth-order valence-electron chi connectivity index (χ4n) is 2.29. The molecule has 0 radical (unpaired) electrons. The Labute approximate surface area is 81.6 Å². The summed E-state index contributed by atoms with van der Waals surface area (Å²) >= 11 is 0. The molecular formula is C11H22N2. The molecule has 0 aromatic rings. The van der Waals surface area contributed by atoms with Crippen LogP contribution in [0, 0.1) is 5.92 Å². The van der Waals surface area contributed by atoms with Crippen LogP contribution >= 0.6 is 0 Å². The van der Waals surface area contributed by atoms with Crippen LogP contribution in [-0.2, 0) is 0 Å². The Kier molecular flexibility index (Phi) is 3.94. The molecule has 1 fully saturated rings. The molecule has 2 heteroatoms. The van der Waals surface area contributed by atoms with Crippen molar-refractivity contribution in [3.05, 3.63) is 12.7 Å². The van der Waals surface area contributed by atoms with Gasteiger partial charge in [0, 0.05) is 18.6 Å². The van der Waals surface area contributed by atoms with Gasteiger partial charge in [-0.25, -0.2) is 0 Å². The van der Waals surface area contributed by atoms with Gasteiger partial charge in [0.05, 0.1) is 0 Å². The fourth-order valence-corrected chi connectivity index (χ4v) is 2.29. The van der Waals surface area contributed by atoms with Crippen LogP contribution in [0.3, 0.4) is 0 Å². The normalized spacial score (nSPS) is 33.5. The van der Waals surface area contributed by atoms with Gasteiger partial charge in [0.1, 0.15) is 0 Å². The summed E-state index contributed by atoms with van der Waals surface area (Å²) in [6, 6.07) is 0. The van der Waals surface area contributed by atoms with Gasteiger partial charge in [-0.2, -0.15) is 0 Å². The number of hydrogen-bond acceptors (Lipinski definition) is 2. The molecule has 2 nitrogen and oxygen atoms in total. The second-order valence-corrected chi connectivity index (χ2v) is 4.17. The Bertz CT molecular complexity index is 167. The van der Waals surface area contributed by atoms with Crippen LogP contribution in [0.5, 0.6) is 0 Å². The zero-order chi connectivity index (χ0) is 9.73. The third-order valence-electron chi connectivity index (χ3n) is 3.30. The molecule has 0 aromatic heterocycles. The summed E-state index contributed by atoms with van der Waals surface area (Å²) in [4.78, 5) is 0. The summed E-state index contributed by atoms with van der Waals surface area (Å²) in [6.45, 7) is 7.64. The smallest absolute Gasteiger partial charge is 0.0309 e. The van der Waals surface area contributed by atoms with E-state index in [1.54, 1.807) is 0 Å². The van der Waals surface area contributed by atoms with E-state index in [0.29, 0.717) is 0 Å². The predicted molar refractivity (Wildman–Crippen MR) is 57.6 cm³/mol. The lowest BCUT2D eigenvalue weighted by atomic mass is 9.95. The molecule has 0 heterocycles. The van der Waals surface area contributed by atoms with E-state index in [2.05, 4.69) is 18.8 Å². The van der Waals surface area contributed by atoms with E-state index in [0.717, 1.165) is 19.0 Å². The van der Waals surface area contributed by atoms with E-state index < -0.39 is 0 Å². The molecule has 1 rings (SSSR count). The summed E-state index contributed by atoms with van der Waals surface area (Å²) in [5.74, 6) is 0.876. The molecule has 0 bridgehead atoms. The molecule has 0 aromatic carbocycles. The van der Waals surface area contributed by atoms with Crippen molar-refractivity contribution in [3.63, 3.8) is 0 Å². The van der Waals surface area contributed by atoms with Crippen LogP contribution in [0.25, 0.3) is 0 Å². The number of rotatable bonds is 5. The van der Waals surface area contributed by atoms with Gasteiger partial charge in [0.2, 0.25) is 0 Å². The minimum atomic E-state index is 0.217. The zero-order valence-corrected chi connectivity index (χ0v) is 8.68. The molecule has 1 aliphatic carbocycles. The van der Waals surface area contributed by atoms with Gasteiger partial charge in [-0.1, -0.05) is 19.4 Å². The zero-order valence-electron chi connectivity index (χ0n) is 8.68. The van der Waals surface area contributed by atoms with Gasteiger partial charge in [0.25, 0.3) is 0 Å². The van der Waals surface area contributed by atoms with Gasteiger partial charge in [-0.15, -0.1) is 6.58 Å². The average Bonchev–Trinajstić information content (AvgIpc) is 2.59. The van der Waals surface area contributed by atoms with E-state index in [1.165, 1.54) is 25.7 Å². The molecule has 0 saturated heterocycles. The molecule has 76 valence electrons. The predicted octanol–water partition coefficient (Wildman–Crippen LogP) is 1.67. The van der Waals surface area contributed by atoms with Gasteiger partial charge in [0.15, 0.2) is 0 Å². The fraction of sp³-hybridized carbons (Fsp3) is 0.818. The second kappa shape index (κ2) is 4.77. The minimum absolute atomic E-state index is 0.217. The number of nitrogens with two attached hydrogens (primary N) is 1. The molecule has 0 aliphatic heterocycles. The highest BCUT2D eigenvalue weighted by Crippen LogP contribution is 2.35. The number of hydrogen-bond donors (Lipinski definition) is 2. The first-order valence-electron chi connectivity index (χ1n) is 5.32. The van der Waals surface area contributed by atoms with Crippen molar-refractivity contribution in [2.45, 2.75) is 38.1 Å². The van der Waals surface area contributed by atoms with Crippen LogP contribution in [0.4, 0.5) is 0 Å². The summed E-state index contributed by atoms with van der Waals surface area (Å²) in [6.07, 6.45) is 7.01. The van der Waals surface area contributed by atoms with E-state index in [-0.39, 0.29) is 5.54 Å². The van der Waals surface area contributed by atoms with E-state index in [9.17, 15) is 0 Å². The summed E-state index contributed by atoms with van der Waals surface area (Å²) in [5, 5.41) is 3.52. The van der Waals surface area contributed by atoms with E-state index in [4.69, 9.17) is 5.73 Å². The first kappa shape index (κ1) is 10.7. The van der Waals surface area contributed by atoms with Crippen molar-refractivity contribution in [1.82, 2.24) is 5.32 Å². The molecular weight excluding hydrogens is 160 g/mol. The Morgan fingerprint density at radius 2 is 2.46 bits per heavy atom. The van der Waals surface area contributed by atoms with Crippen LogP contribution in [-0.4, -0.2) is 18.6 Å². The molecule has 1 aliphatic rings. The van der Waals surface area contributed by atoms with Crippen LogP contribution in [0.1, 0.15) is 32.6 Å². The molecule has 1 saturated carbocycles. The quantitative estimate of drug-likeness (QED) is 0.635. The van der Waals surface area contributed by atoms with E-state index in [1.807, 2.05) is 6.08 Å². The van der Waals surface area contributed by atoms with Crippen LogP contribution < -0.4 is 11.1 Å². The lowest BCUT2D eigenvalue weighted by Gasteiger charge is -2.28. The molecule has 2 atom stereocenters. The van der Waals surface area contributed by atoms with Gasteiger partial charge in [-0.05, 0) is 25.2 Å². The van der Waals surface area contributed by atoms with Crippen molar-refractivity contribution in [1.29, 1.82) is 0 Å². The maximum Gasteiger partial charge on any atom is 0.0309 e. The Hall–Kier alpha value is -0.340. The first-order valence-corrected chi connectivity index (χ1v) is 5.32. The monoisotopic (exact) mass is 182 g/mol. The van der Waals surface area contributed by atoms with Gasteiger partial charge >= 0.3 is 0 Å². The highest BCUT2D eigenvalue weighted by molar-refractivity contribution is 4.98. The molecule has 0 spiro atoms.